The van der Waals surface area contributed by atoms with Gasteiger partial charge in [0.25, 0.3) is 0 Å². The van der Waals surface area contributed by atoms with Crippen LogP contribution in [0.1, 0.15) is 42.3 Å². The fourth-order valence-corrected chi connectivity index (χ4v) is 2.03. The van der Waals surface area contributed by atoms with Crippen molar-refractivity contribution in [3.63, 3.8) is 0 Å². The minimum absolute atomic E-state index is 0.0428. The van der Waals surface area contributed by atoms with Gasteiger partial charge < -0.3 is 5.11 Å². The Labute approximate surface area is 125 Å². The summed E-state index contributed by atoms with van der Waals surface area (Å²) in [6.45, 7) is 6.43. The minimum Gasteiger partial charge on any atom is -0.508 e. The molecule has 0 saturated carbocycles. The number of ketones is 1. The van der Waals surface area contributed by atoms with Crippen LogP contribution in [0.3, 0.4) is 0 Å². The first-order valence-electron chi connectivity index (χ1n) is 6.98. The van der Waals surface area contributed by atoms with Gasteiger partial charge in [0.05, 0.1) is 0 Å². The van der Waals surface area contributed by atoms with E-state index >= 15 is 0 Å². The summed E-state index contributed by atoms with van der Waals surface area (Å²) in [5.41, 5.74) is 2.75. The Morgan fingerprint density at radius 3 is 2.29 bits per heavy atom. The summed E-state index contributed by atoms with van der Waals surface area (Å²) in [5.74, 6) is 0.151. The predicted octanol–water partition coefficient (Wildman–Crippen LogP) is 4.59. The van der Waals surface area contributed by atoms with Gasteiger partial charge in [0.2, 0.25) is 0 Å². The van der Waals surface area contributed by atoms with E-state index in [-0.39, 0.29) is 16.9 Å². The van der Waals surface area contributed by atoms with Gasteiger partial charge in [-0.1, -0.05) is 63.2 Å². The molecule has 0 bridgehead atoms. The number of allylic oxidation sites excluding steroid dienone is 1. The van der Waals surface area contributed by atoms with Crippen LogP contribution in [0.15, 0.2) is 54.6 Å². The Morgan fingerprint density at radius 1 is 1.05 bits per heavy atom. The van der Waals surface area contributed by atoms with Gasteiger partial charge in [0.1, 0.15) is 5.75 Å². The maximum absolute atomic E-state index is 12.1. The number of aromatic hydroxyl groups is 1. The van der Waals surface area contributed by atoms with Crippen molar-refractivity contribution in [3.8, 4) is 5.75 Å². The van der Waals surface area contributed by atoms with E-state index in [1.54, 1.807) is 24.3 Å². The zero-order valence-corrected chi connectivity index (χ0v) is 12.6. The van der Waals surface area contributed by atoms with Crippen LogP contribution in [0.2, 0.25) is 0 Å². The van der Waals surface area contributed by atoms with E-state index in [4.69, 9.17) is 0 Å². The largest absolute Gasteiger partial charge is 0.508 e. The highest BCUT2D eigenvalue weighted by Crippen LogP contribution is 2.22. The van der Waals surface area contributed by atoms with Crippen LogP contribution in [0.25, 0.3) is 6.08 Å². The fourth-order valence-electron chi connectivity index (χ4n) is 2.03. The number of carbonyl (C=O) groups excluding carboxylic acids is 1. The van der Waals surface area contributed by atoms with Crippen molar-refractivity contribution in [2.24, 2.45) is 0 Å². The highest BCUT2D eigenvalue weighted by atomic mass is 16.3. The minimum atomic E-state index is -0.0428. The average molecular weight is 280 g/mol. The van der Waals surface area contributed by atoms with Crippen LogP contribution in [0.4, 0.5) is 0 Å². The van der Waals surface area contributed by atoms with E-state index in [0.29, 0.717) is 5.56 Å². The molecule has 0 saturated heterocycles. The second-order valence-electron chi connectivity index (χ2n) is 6.12. The Kier molecular flexibility index (Phi) is 4.27. The Morgan fingerprint density at radius 2 is 1.71 bits per heavy atom. The second-order valence-corrected chi connectivity index (χ2v) is 6.12. The lowest BCUT2D eigenvalue weighted by Gasteiger charge is -2.18. The van der Waals surface area contributed by atoms with Crippen molar-refractivity contribution in [2.45, 2.75) is 26.2 Å². The summed E-state index contributed by atoms with van der Waals surface area (Å²) in [6, 6.07) is 14.5. The summed E-state index contributed by atoms with van der Waals surface area (Å²) in [7, 11) is 0. The van der Waals surface area contributed by atoms with E-state index in [0.717, 1.165) is 5.56 Å². The van der Waals surface area contributed by atoms with Gasteiger partial charge in [-0.05, 0) is 34.8 Å². The number of phenols is 1. The molecule has 2 heteroatoms. The third kappa shape index (κ3) is 4.06. The Hall–Kier alpha value is -2.35. The number of rotatable bonds is 3. The van der Waals surface area contributed by atoms with Gasteiger partial charge in [-0.3, -0.25) is 4.79 Å². The summed E-state index contributed by atoms with van der Waals surface area (Å²) >= 11 is 0. The maximum Gasteiger partial charge on any atom is 0.185 e. The normalized spacial score (nSPS) is 11.8. The molecule has 0 radical (unpaired) electrons. The van der Waals surface area contributed by atoms with E-state index in [2.05, 4.69) is 20.8 Å². The molecule has 0 fully saturated rings. The monoisotopic (exact) mass is 280 g/mol. The van der Waals surface area contributed by atoms with Crippen LogP contribution in [-0.2, 0) is 5.41 Å². The lowest BCUT2D eigenvalue weighted by molar-refractivity contribution is 0.104. The van der Waals surface area contributed by atoms with Crippen LogP contribution < -0.4 is 0 Å². The lowest BCUT2D eigenvalue weighted by Crippen LogP contribution is -2.11. The molecule has 0 aliphatic carbocycles. The Bertz CT molecular complexity index is 659. The quantitative estimate of drug-likeness (QED) is 0.659. The molecule has 0 unspecified atom stereocenters. The van der Waals surface area contributed by atoms with Gasteiger partial charge >= 0.3 is 0 Å². The molecule has 0 heterocycles. The van der Waals surface area contributed by atoms with Crippen molar-refractivity contribution in [1.82, 2.24) is 0 Å². The molecule has 2 aromatic carbocycles. The third-order valence-corrected chi connectivity index (χ3v) is 3.33. The van der Waals surface area contributed by atoms with Crippen LogP contribution in [0, 0.1) is 0 Å². The van der Waals surface area contributed by atoms with Gasteiger partial charge in [-0.15, -0.1) is 0 Å². The van der Waals surface area contributed by atoms with E-state index in [1.807, 2.05) is 30.3 Å². The number of hydrogen-bond donors (Lipinski definition) is 1. The zero-order chi connectivity index (χ0) is 15.5. The van der Waals surface area contributed by atoms with Gasteiger partial charge in [0, 0.05) is 5.56 Å². The predicted molar refractivity (Wildman–Crippen MR) is 86.6 cm³/mol. The van der Waals surface area contributed by atoms with Crippen LogP contribution >= 0.6 is 0 Å². The zero-order valence-electron chi connectivity index (χ0n) is 12.6. The Balaban J connectivity index is 2.14. The standard InChI is InChI=1S/C19H20O2/c1-19(2,3)16-10-8-15(9-11-16)18(21)12-7-14-5-4-6-17(20)13-14/h4-13,20H,1-3H3. The lowest BCUT2D eigenvalue weighted by atomic mass is 9.86. The first kappa shape index (κ1) is 15.0. The van der Waals surface area contributed by atoms with Gasteiger partial charge in [-0.25, -0.2) is 0 Å². The molecule has 0 aliphatic rings. The molecule has 2 aromatic rings. The van der Waals surface area contributed by atoms with Crippen LogP contribution in [-0.4, -0.2) is 10.9 Å². The third-order valence-electron chi connectivity index (χ3n) is 3.33. The van der Waals surface area contributed by atoms with E-state index < -0.39 is 0 Å². The number of phenolic OH excluding ortho intramolecular Hbond substituents is 1. The molecule has 0 aromatic heterocycles. The summed E-state index contributed by atoms with van der Waals surface area (Å²) in [5, 5.41) is 9.38. The van der Waals surface area contributed by atoms with Crippen molar-refractivity contribution in [3.05, 3.63) is 71.3 Å². The average Bonchev–Trinajstić information content (AvgIpc) is 2.44. The summed E-state index contributed by atoms with van der Waals surface area (Å²) in [6.07, 6.45) is 3.24. The van der Waals surface area contributed by atoms with Gasteiger partial charge in [0.15, 0.2) is 5.78 Å². The molecule has 0 aliphatic heterocycles. The highest BCUT2D eigenvalue weighted by Gasteiger charge is 2.13. The highest BCUT2D eigenvalue weighted by molar-refractivity contribution is 6.06. The summed E-state index contributed by atoms with van der Waals surface area (Å²) < 4.78 is 0. The molecular weight excluding hydrogens is 260 g/mol. The van der Waals surface area contributed by atoms with Crippen molar-refractivity contribution in [2.75, 3.05) is 0 Å². The fraction of sp³-hybridized carbons (Fsp3) is 0.211. The number of carbonyl (C=O) groups is 1. The maximum atomic E-state index is 12.1. The first-order chi connectivity index (χ1) is 9.86. The topological polar surface area (TPSA) is 37.3 Å². The first-order valence-corrected chi connectivity index (χ1v) is 6.98. The van der Waals surface area contributed by atoms with Crippen molar-refractivity contribution in [1.29, 1.82) is 0 Å². The van der Waals surface area contributed by atoms with Gasteiger partial charge in [-0.2, -0.15) is 0 Å². The summed E-state index contributed by atoms with van der Waals surface area (Å²) in [4.78, 5) is 12.1. The molecule has 0 amide bonds. The number of benzene rings is 2. The smallest absolute Gasteiger partial charge is 0.185 e. The van der Waals surface area contributed by atoms with Crippen LogP contribution in [0.5, 0.6) is 5.75 Å². The number of hydrogen-bond acceptors (Lipinski definition) is 2. The van der Waals surface area contributed by atoms with Crippen molar-refractivity contribution >= 4 is 11.9 Å². The van der Waals surface area contributed by atoms with E-state index in [9.17, 15) is 9.90 Å². The molecule has 0 atom stereocenters. The second kappa shape index (κ2) is 5.96. The molecule has 2 rings (SSSR count). The molecule has 2 nitrogen and oxygen atoms in total. The molecule has 0 spiro atoms. The SMILES string of the molecule is CC(C)(C)c1ccc(C(=O)C=Cc2cccc(O)c2)cc1. The molecule has 108 valence electrons. The van der Waals surface area contributed by atoms with E-state index in [1.165, 1.54) is 11.6 Å². The molecular formula is C19H20O2. The van der Waals surface area contributed by atoms with Crippen molar-refractivity contribution < 1.29 is 9.90 Å². The molecule has 21 heavy (non-hydrogen) atoms. The molecule has 1 N–H and O–H groups in total.